The Hall–Kier alpha value is -0.0800. The number of nitrogens with zero attached hydrogens (tertiary/aromatic N) is 1. The predicted octanol–water partition coefficient (Wildman–Crippen LogP) is 3.30. The van der Waals surface area contributed by atoms with Crippen molar-refractivity contribution in [2.75, 3.05) is 0 Å². The van der Waals surface area contributed by atoms with Gasteiger partial charge >= 0.3 is 0 Å². The van der Waals surface area contributed by atoms with E-state index >= 15 is 0 Å². The molecular weight excluding hydrogens is 220 g/mol. The highest BCUT2D eigenvalue weighted by molar-refractivity contribution is 4.97. The van der Waals surface area contributed by atoms with E-state index in [4.69, 9.17) is 5.73 Å². The molecule has 2 N–H and O–H groups in total. The van der Waals surface area contributed by atoms with Crippen molar-refractivity contribution in [3.05, 3.63) is 0 Å². The lowest BCUT2D eigenvalue weighted by molar-refractivity contribution is -0.0105. The van der Waals surface area contributed by atoms with E-state index in [1.165, 1.54) is 64.2 Å². The van der Waals surface area contributed by atoms with Gasteiger partial charge in [-0.1, -0.05) is 26.2 Å². The number of nitrogens with two attached hydrogens (primary N) is 1. The average Bonchev–Trinajstić information content (AvgIpc) is 2.53. The van der Waals surface area contributed by atoms with Crippen molar-refractivity contribution in [3.63, 3.8) is 0 Å². The first-order valence-corrected chi connectivity index (χ1v) is 8.27. The summed E-state index contributed by atoms with van der Waals surface area (Å²) in [6, 6.07) is 3.02. The van der Waals surface area contributed by atoms with E-state index in [9.17, 15) is 0 Å². The Bertz CT molecular complexity index is 264. The molecule has 2 saturated heterocycles. The van der Waals surface area contributed by atoms with Crippen LogP contribution >= 0.6 is 0 Å². The Labute approximate surface area is 112 Å². The lowest BCUT2D eigenvalue weighted by Gasteiger charge is -2.52. The van der Waals surface area contributed by atoms with Gasteiger partial charge in [0.2, 0.25) is 0 Å². The summed E-state index contributed by atoms with van der Waals surface area (Å²) >= 11 is 0. The molecule has 0 amide bonds. The van der Waals surface area contributed by atoms with Crippen molar-refractivity contribution in [1.82, 2.24) is 4.90 Å². The zero-order valence-electron chi connectivity index (χ0n) is 12.0. The highest BCUT2D eigenvalue weighted by Gasteiger charge is 2.40. The van der Waals surface area contributed by atoms with E-state index in [1.54, 1.807) is 0 Å². The third-order valence-electron chi connectivity index (χ3n) is 5.72. The van der Waals surface area contributed by atoms with Crippen LogP contribution in [0, 0.1) is 5.92 Å². The van der Waals surface area contributed by atoms with Crippen LogP contribution in [0.3, 0.4) is 0 Å². The topological polar surface area (TPSA) is 29.3 Å². The Morgan fingerprint density at radius 3 is 2.11 bits per heavy atom. The van der Waals surface area contributed by atoms with Crippen LogP contribution in [0.15, 0.2) is 0 Å². The maximum absolute atomic E-state index is 6.24. The fourth-order valence-electron chi connectivity index (χ4n) is 4.82. The maximum Gasteiger partial charge on any atom is 0.0116 e. The van der Waals surface area contributed by atoms with Crippen molar-refractivity contribution in [2.45, 2.75) is 95.3 Å². The molecule has 0 spiro atoms. The Kier molecular flexibility index (Phi) is 3.95. The highest BCUT2D eigenvalue weighted by Crippen LogP contribution is 2.38. The summed E-state index contributed by atoms with van der Waals surface area (Å²) in [6.07, 6.45) is 14.1. The molecule has 104 valence electrons. The summed E-state index contributed by atoms with van der Waals surface area (Å²) in [4.78, 5) is 2.94. The van der Waals surface area contributed by atoms with Gasteiger partial charge in [0.25, 0.3) is 0 Å². The molecule has 2 bridgehead atoms. The van der Waals surface area contributed by atoms with Gasteiger partial charge in [0.05, 0.1) is 0 Å². The summed E-state index contributed by atoms with van der Waals surface area (Å²) in [5.74, 6) is 0.960. The van der Waals surface area contributed by atoms with Crippen LogP contribution in [-0.4, -0.2) is 29.1 Å². The van der Waals surface area contributed by atoms with Gasteiger partial charge in [0.1, 0.15) is 0 Å². The summed E-state index contributed by atoms with van der Waals surface area (Å²) in [7, 11) is 0. The molecule has 0 aromatic rings. The second-order valence-corrected chi connectivity index (χ2v) is 7.18. The van der Waals surface area contributed by atoms with Gasteiger partial charge in [-0.15, -0.1) is 0 Å². The Morgan fingerprint density at radius 2 is 1.39 bits per heavy atom. The zero-order valence-corrected chi connectivity index (χ0v) is 12.0. The molecular formula is C16H30N2. The SMILES string of the molecule is CC1CCCC(N2C3CCCC2CC(N)C3)CC1. The minimum absolute atomic E-state index is 0.487. The molecule has 2 aliphatic heterocycles. The third-order valence-corrected chi connectivity index (χ3v) is 5.72. The highest BCUT2D eigenvalue weighted by atomic mass is 15.2. The normalized spacial score (nSPS) is 46.7. The van der Waals surface area contributed by atoms with Crippen molar-refractivity contribution in [2.24, 2.45) is 11.7 Å². The largest absolute Gasteiger partial charge is 0.328 e. The molecule has 3 aliphatic rings. The summed E-state index contributed by atoms with van der Waals surface area (Å²) in [5, 5.41) is 0. The quantitative estimate of drug-likeness (QED) is 0.724. The second kappa shape index (κ2) is 5.50. The number of hydrogen-bond acceptors (Lipinski definition) is 2. The molecule has 3 fully saturated rings. The minimum atomic E-state index is 0.487. The van der Waals surface area contributed by atoms with E-state index in [2.05, 4.69) is 11.8 Å². The molecule has 2 nitrogen and oxygen atoms in total. The lowest BCUT2D eigenvalue weighted by Crippen LogP contribution is -2.58. The maximum atomic E-state index is 6.24. The fourth-order valence-corrected chi connectivity index (χ4v) is 4.82. The van der Waals surface area contributed by atoms with Gasteiger partial charge < -0.3 is 5.73 Å². The Balaban J connectivity index is 1.70. The van der Waals surface area contributed by atoms with Crippen LogP contribution in [0.25, 0.3) is 0 Å². The van der Waals surface area contributed by atoms with Crippen molar-refractivity contribution < 1.29 is 0 Å². The molecule has 2 heterocycles. The first kappa shape index (κ1) is 12.9. The first-order chi connectivity index (χ1) is 8.74. The zero-order chi connectivity index (χ0) is 12.5. The standard InChI is InChI=1S/C16H30N2/c1-12-4-2-5-14(9-8-12)18-15-6-3-7-16(18)11-13(17)10-15/h12-16H,2-11,17H2,1H3. The molecule has 3 rings (SSSR count). The number of fused-ring (bicyclic) bond motifs is 2. The van der Waals surface area contributed by atoms with E-state index in [0.29, 0.717) is 6.04 Å². The number of rotatable bonds is 1. The molecule has 2 heteroatoms. The van der Waals surface area contributed by atoms with Crippen molar-refractivity contribution >= 4 is 0 Å². The van der Waals surface area contributed by atoms with Crippen LogP contribution in [0.1, 0.15) is 71.1 Å². The molecule has 0 radical (unpaired) electrons. The molecule has 0 aromatic carbocycles. The average molecular weight is 250 g/mol. The van der Waals surface area contributed by atoms with Crippen LogP contribution in [0.4, 0.5) is 0 Å². The van der Waals surface area contributed by atoms with E-state index in [1.807, 2.05) is 0 Å². The second-order valence-electron chi connectivity index (χ2n) is 7.18. The van der Waals surface area contributed by atoms with Crippen LogP contribution in [0.5, 0.6) is 0 Å². The van der Waals surface area contributed by atoms with Crippen LogP contribution < -0.4 is 5.73 Å². The van der Waals surface area contributed by atoms with E-state index in [0.717, 1.165) is 24.0 Å². The molecule has 1 aliphatic carbocycles. The Morgan fingerprint density at radius 1 is 0.778 bits per heavy atom. The van der Waals surface area contributed by atoms with Crippen molar-refractivity contribution in [3.8, 4) is 0 Å². The van der Waals surface area contributed by atoms with Gasteiger partial charge in [-0.05, 0) is 50.9 Å². The summed E-state index contributed by atoms with van der Waals surface area (Å²) in [5.41, 5.74) is 6.24. The smallest absolute Gasteiger partial charge is 0.0116 e. The summed E-state index contributed by atoms with van der Waals surface area (Å²) < 4.78 is 0. The van der Waals surface area contributed by atoms with Crippen molar-refractivity contribution in [1.29, 1.82) is 0 Å². The minimum Gasteiger partial charge on any atom is -0.328 e. The van der Waals surface area contributed by atoms with Gasteiger partial charge in [-0.25, -0.2) is 0 Å². The van der Waals surface area contributed by atoms with Crippen LogP contribution in [-0.2, 0) is 0 Å². The first-order valence-electron chi connectivity index (χ1n) is 8.27. The van der Waals surface area contributed by atoms with Gasteiger partial charge in [0, 0.05) is 24.2 Å². The predicted molar refractivity (Wildman–Crippen MR) is 76.5 cm³/mol. The third kappa shape index (κ3) is 2.60. The van der Waals surface area contributed by atoms with Gasteiger partial charge in [-0.3, -0.25) is 4.90 Å². The lowest BCUT2D eigenvalue weighted by atomic mass is 9.80. The van der Waals surface area contributed by atoms with Crippen LogP contribution in [0.2, 0.25) is 0 Å². The molecule has 4 atom stereocenters. The molecule has 4 unspecified atom stereocenters. The summed E-state index contributed by atoms with van der Waals surface area (Å²) in [6.45, 7) is 2.44. The molecule has 0 aromatic heterocycles. The monoisotopic (exact) mass is 250 g/mol. The van der Waals surface area contributed by atoms with Gasteiger partial charge in [0.15, 0.2) is 0 Å². The van der Waals surface area contributed by atoms with E-state index < -0.39 is 0 Å². The molecule has 18 heavy (non-hydrogen) atoms. The fraction of sp³-hybridized carbons (Fsp3) is 1.00. The number of piperidine rings is 2. The van der Waals surface area contributed by atoms with E-state index in [-0.39, 0.29) is 0 Å². The van der Waals surface area contributed by atoms with Gasteiger partial charge in [-0.2, -0.15) is 0 Å². The molecule has 1 saturated carbocycles. The number of hydrogen-bond donors (Lipinski definition) is 1.